The summed E-state index contributed by atoms with van der Waals surface area (Å²) in [5.74, 6) is 1.12. The predicted octanol–water partition coefficient (Wildman–Crippen LogP) is 2.99. The Morgan fingerprint density at radius 1 is 1.33 bits per heavy atom. The molecular weight excluding hydrogens is 222 g/mol. The van der Waals surface area contributed by atoms with Crippen molar-refractivity contribution in [2.24, 2.45) is 5.73 Å². The largest absolute Gasteiger partial charge is 0.357 e. The van der Waals surface area contributed by atoms with Crippen LogP contribution < -0.4 is 10.6 Å². The van der Waals surface area contributed by atoms with Crippen LogP contribution in [-0.2, 0) is 6.42 Å². The van der Waals surface area contributed by atoms with E-state index in [1.807, 2.05) is 12.3 Å². The van der Waals surface area contributed by atoms with Crippen molar-refractivity contribution in [3.05, 3.63) is 23.9 Å². The molecule has 1 heterocycles. The first-order chi connectivity index (χ1) is 8.72. The summed E-state index contributed by atoms with van der Waals surface area (Å²) in [6.07, 6.45) is 6.24. The van der Waals surface area contributed by atoms with Gasteiger partial charge in [0.15, 0.2) is 0 Å². The smallest absolute Gasteiger partial charge is 0.131 e. The average molecular weight is 249 g/mol. The second kappa shape index (κ2) is 8.09. The van der Waals surface area contributed by atoms with Crippen LogP contribution in [0.2, 0.25) is 0 Å². The number of rotatable bonds is 8. The minimum absolute atomic E-state index is 0.234. The maximum atomic E-state index is 6.07. The van der Waals surface area contributed by atoms with E-state index in [1.54, 1.807) is 0 Å². The highest BCUT2D eigenvalue weighted by atomic mass is 15.2. The molecule has 0 amide bonds. The molecule has 1 aromatic rings. The molecule has 3 nitrogen and oxygen atoms in total. The van der Waals surface area contributed by atoms with Crippen molar-refractivity contribution in [2.75, 3.05) is 18.0 Å². The molecule has 0 spiro atoms. The molecule has 0 bridgehead atoms. The summed E-state index contributed by atoms with van der Waals surface area (Å²) in [6.45, 7) is 8.63. The Morgan fingerprint density at radius 2 is 2.11 bits per heavy atom. The standard InChI is InChI=1S/C15H27N3/c1-4-7-11-18(6-3)15-13(9-8-10-17-15)12-14(16)5-2/h8-10,14H,4-7,11-12,16H2,1-3H3. The monoisotopic (exact) mass is 249 g/mol. The van der Waals surface area contributed by atoms with Gasteiger partial charge in [0.2, 0.25) is 0 Å². The molecule has 0 aromatic carbocycles. The van der Waals surface area contributed by atoms with E-state index >= 15 is 0 Å². The zero-order valence-corrected chi connectivity index (χ0v) is 12.0. The lowest BCUT2D eigenvalue weighted by Crippen LogP contribution is -2.28. The minimum Gasteiger partial charge on any atom is -0.357 e. The van der Waals surface area contributed by atoms with E-state index < -0.39 is 0 Å². The molecule has 0 aliphatic carbocycles. The first-order valence-corrected chi connectivity index (χ1v) is 7.17. The van der Waals surface area contributed by atoms with Crippen molar-refractivity contribution in [3.8, 4) is 0 Å². The number of nitrogens with two attached hydrogens (primary N) is 1. The van der Waals surface area contributed by atoms with E-state index in [4.69, 9.17) is 5.73 Å². The van der Waals surface area contributed by atoms with Crippen LogP contribution in [0.3, 0.4) is 0 Å². The van der Waals surface area contributed by atoms with Crippen LogP contribution in [0.5, 0.6) is 0 Å². The van der Waals surface area contributed by atoms with Crippen LogP contribution in [0, 0.1) is 0 Å². The average Bonchev–Trinajstić information content (AvgIpc) is 2.41. The highest BCUT2D eigenvalue weighted by molar-refractivity contribution is 5.47. The molecule has 0 radical (unpaired) electrons. The molecule has 0 aliphatic rings. The van der Waals surface area contributed by atoms with E-state index in [0.717, 1.165) is 31.7 Å². The maximum absolute atomic E-state index is 6.07. The van der Waals surface area contributed by atoms with Gasteiger partial charge in [-0.2, -0.15) is 0 Å². The number of anilines is 1. The molecule has 1 atom stereocenters. The first kappa shape index (κ1) is 15.0. The number of pyridine rings is 1. The van der Waals surface area contributed by atoms with Gasteiger partial charge < -0.3 is 10.6 Å². The van der Waals surface area contributed by atoms with Crippen LogP contribution in [0.1, 0.15) is 45.6 Å². The molecule has 1 rings (SSSR count). The number of unbranched alkanes of at least 4 members (excludes halogenated alkanes) is 1. The van der Waals surface area contributed by atoms with Crippen molar-refractivity contribution in [3.63, 3.8) is 0 Å². The van der Waals surface area contributed by atoms with Crippen molar-refractivity contribution in [1.29, 1.82) is 0 Å². The molecule has 0 fully saturated rings. The third kappa shape index (κ3) is 4.30. The van der Waals surface area contributed by atoms with Gasteiger partial charge in [-0.25, -0.2) is 4.98 Å². The first-order valence-electron chi connectivity index (χ1n) is 7.17. The van der Waals surface area contributed by atoms with E-state index in [-0.39, 0.29) is 6.04 Å². The zero-order chi connectivity index (χ0) is 13.4. The molecule has 2 N–H and O–H groups in total. The molecular formula is C15H27N3. The number of hydrogen-bond donors (Lipinski definition) is 1. The number of hydrogen-bond acceptors (Lipinski definition) is 3. The Hall–Kier alpha value is -1.09. The fourth-order valence-corrected chi connectivity index (χ4v) is 2.06. The van der Waals surface area contributed by atoms with Gasteiger partial charge >= 0.3 is 0 Å². The number of nitrogens with zero attached hydrogens (tertiary/aromatic N) is 2. The van der Waals surface area contributed by atoms with Gasteiger partial charge in [0.1, 0.15) is 5.82 Å². The van der Waals surface area contributed by atoms with E-state index in [0.29, 0.717) is 0 Å². The van der Waals surface area contributed by atoms with Crippen LogP contribution in [0.25, 0.3) is 0 Å². The summed E-state index contributed by atoms with van der Waals surface area (Å²) in [5, 5.41) is 0. The molecule has 0 saturated heterocycles. The summed E-state index contributed by atoms with van der Waals surface area (Å²) >= 11 is 0. The Labute approximate surface area is 111 Å². The minimum atomic E-state index is 0.234. The summed E-state index contributed by atoms with van der Waals surface area (Å²) in [7, 11) is 0. The molecule has 0 aliphatic heterocycles. The quantitative estimate of drug-likeness (QED) is 0.770. The van der Waals surface area contributed by atoms with Crippen molar-refractivity contribution in [2.45, 2.75) is 52.5 Å². The molecule has 102 valence electrons. The fourth-order valence-electron chi connectivity index (χ4n) is 2.06. The van der Waals surface area contributed by atoms with E-state index in [9.17, 15) is 0 Å². The third-order valence-corrected chi connectivity index (χ3v) is 3.34. The zero-order valence-electron chi connectivity index (χ0n) is 12.0. The Bertz CT molecular complexity index is 338. The summed E-state index contributed by atoms with van der Waals surface area (Å²) < 4.78 is 0. The Balaban J connectivity index is 2.84. The molecule has 18 heavy (non-hydrogen) atoms. The van der Waals surface area contributed by atoms with Gasteiger partial charge in [-0.3, -0.25) is 0 Å². The van der Waals surface area contributed by atoms with Gasteiger partial charge in [0, 0.05) is 25.3 Å². The van der Waals surface area contributed by atoms with Gasteiger partial charge in [0.05, 0.1) is 0 Å². The molecule has 1 aromatic heterocycles. The summed E-state index contributed by atoms with van der Waals surface area (Å²) in [5.41, 5.74) is 7.35. The predicted molar refractivity (Wildman–Crippen MR) is 79.0 cm³/mol. The van der Waals surface area contributed by atoms with E-state index in [1.165, 1.54) is 18.4 Å². The maximum Gasteiger partial charge on any atom is 0.131 e. The van der Waals surface area contributed by atoms with Crippen LogP contribution in [0.4, 0.5) is 5.82 Å². The lowest BCUT2D eigenvalue weighted by Gasteiger charge is -2.25. The Kier molecular flexibility index (Phi) is 6.73. The molecule has 3 heteroatoms. The van der Waals surface area contributed by atoms with Gasteiger partial charge in [-0.15, -0.1) is 0 Å². The topological polar surface area (TPSA) is 42.2 Å². The third-order valence-electron chi connectivity index (χ3n) is 3.34. The second-order valence-corrected chi connectivity index (χ2v) is 4.79. The lowest BCUT2D eigenvalue weighted by atomic mass is 10.0. The summed E-state index contributed by atoms with van der Waals surface area (Å²) in [6, 6.07) is 4.40. The number of aromatic nitrogens is 1. The van der Waals surface area contributed by atoms with Crippen LogP contribution in [-0.4, -0.2) is 24.1 Å². The van der Waals surface area contributed by atoms with Gasteiger partial charge in [0.25, 0.3) is 0 Å². The fraction of sp³-hybridized carbons (Fsp3) is 0.667. The van der Waals surface area contributed by atoms with Crippen molar-refractivity contribution >= 4 is 5.82 Å². The van der Waals surface area contributed by atoms with Crippen LogP contribution in [0.15, 0.2) is 18.3 Å². The normalized spacial score (nSPS) is 12.4. The van der Waals surface area contributed by atoms with Crippen molar-refractivity contribution in [1.82, 2.24) is 4.98 Å². The van der Waals surface area contributed by atoms with Crippen molar-refractivity contribution < 1.29 is 0 Å². The van der Waals surface area contributed by atoms with Gasteiger partial charge in [-0.05, 0) is 37.8 Å². The van der Waals surface area contributed by atoms with E-state index in [2.05, 4.69) is 36.7 Å². The van der Waals surface area contributed by atoms with Crippen LogP contribution >= 0.6 is 0 Å². The molecule has 1 unspecified atom stereocenters. The van der Waals surface area contributed by atoms with Gasteiger partial charge in [-0.1, -0.05) is 26.3 Å². The second-order valence-electron chi connectivity index (χ2n) is 4.79. The summed E-state index contributed by atoms with van der Waals surface area (Å²) in [4.78, 5) is 6.92. The Morgan fingerprint density at radius 3 is 2.72 bits per heavy atom. The SMILES string of the molecule is CCCCN(CC)c1ncccc1CC(N)CC. The molecule has 0 saturated carbocycles. The highest BCUT2D eigenvalue weighted by Crippen LogP contribution is 2.19. The lowest BCUT2D eigenvalue weighted by molar-refractivity contribution is 0.640. The highest BCUT2D eigenvalue weighted by Gasteiger charge is 2.12.